The van der Waals surface area contributed by atoms with Crippen molar-refractivity contribution in [3.8, 4) is 0 Å². The minimum absolute atomic E-state index is 1.31. The molecule has 0 bridgehead atoms. The van der Waals surface area contributed by atoms with E-state index >= 15 is 0 Å². The first-order valence-electron chi connectivity index (χ1n) is 13.5. The van der Waals surface area contributed by atoms with Gasteiger partial charge in [-0.2, -0.15) is 0 Å². The first-order chi connectivity index (χ1) is 20.1. The molecule has 0 fully saturated rings. The molecule has 0 saturated carbocycles. The average Bonchev–Trinajstić information content (AvgIpc) is 3.05. The van der Waals surface area contributed by atoms with Crippen molar-refractivity contribution in [1.82, 2.24) is 0 Å². The second-order valence-corrected chi connectivity index (χ2v) is 71.0. The zero-order valence-electron chi connectivity index (χ0n) is 22.4. The third-order valence-electron chi connectivity index (χ3n) is 7.52. The number of hydrogen-bond donors (Lipinski definition) is 0. The third kappa shape index (κ3) is 4.83. The summed E-state index contributed by atoms with van der Waals surface area (Å²) in [6.07, 6.45) is 0. The van der Waals surface area contributed by atoms with Crippen LogP contribution in [0.5, 0.6) is 0 Å². The summed E-state index contributed by atoms with van der Waals surface area (Å²) in [4.78, 5) is 0. The Balaban J connectivity index is 1.86. The molecule has 0 saturated heterocycles. The molecule has 0 aliphatic carbocycles. The summed E-state index contributed by atoms with van der Waals surface area (Å²) < 4.78 is 7.86. The normalized spacial score (nSPS) is 13.3. The Labute approximate surface area is 255 Å². The molecule has 0 amide bonds. The van der Waals surface area contributed by atoms with Gasteiger partial charge in [-0.15, -0.1) is 0 Å². The minimum atomic E-state index is -3.88. The molecule has 210 valence electrons. The Morgan fingerprint density at radius 1 is 0.268 bits per heavy atom. The van der Waals surface area contributed by atoms with Crippen LogP contribution in [-0.4, -0.2) is 21.9 Å². The Bertz CT molecular complexity index is 1360. The van der Waals surface area contributed by atoms with E-state index in [0.717, 1.165) is 0 Å². The van der Waals surface area contributed by atoms with Gasteiger partial charge in [0.05, 0.1) is 0 Å². The number of hydrogen-bond acceptors (Lipinski definition) is 0. The van der Waals surface area contributed by atoms with E-state index in [2.05, 4.69) is 182 Å². The van der Waals surface area contributed by atoms with Crippen LogP contribution in [0.3, 0.4) is 0 Å². The van der Waals surface area contributed by atoms with Gasteiger partial charge >= 0.3 is 258 Å². The third-order valence-corrected chi connectivity index (χ3v) is 106. The quantitative estimate of drug-likeness (QED) is 0.185. The fourth-order valence-electron chi connectivity index (χ4n) is 5.81. The maximum atomic E-state index is 8.67. The molecule has 0 nitrogen and oxygen atoms in total. The van der Waals surface area contributed by atoms with Gasteiger partial charge in [-0.05, 0) is 0 Å². The van der Waals surface area contributed by atoms with Crippen molar-refractivity contribution in [1.29, 1.82) is 0 Å². The van der Waals surface area contributed by atoms with Crippen LogP contribution in [0.4, 0.5) is 0 Å². The average molecular weight is 792 g/mol. The molecule has 6 aromatic carbocycles. The van der Waals surface area contributed by atoms with Crippen molar-refractivity contribution in [2.24, 2.45) is 0 Å². The predicted molar refractivity (Wildman–Crippen MR) is 182 cm³/mol. The fraction of sp³-hybridized carbons (Fsp3) is 0. The summed E-state index contributed by atoms with van der Waals surface area (Å²) in [6.45, 7) is 0. The number of halogens is 2. The predicted octanol–water partition coefficient (Wildman–Crippen LogP) is 5.25. The van der Waals surface area contributed by atoms with E-state index in [4.69, 9.17) is 19.1 Å². The molecular formula is C36H32As2Cl2Pd. The second-order valence-electron chi connectivity index (χ2n) is 9.78. The van der Waals surface area contributed by atoms with Crippen molar-refractivity contribution in [3.63, 3.8) is 0 Å². The van der Waals surface area contributed by atoms with Crippen LogP contribution >= 0.6 is 19.1 Å². The molecule has 6 rings (SSSR count). The van der Waals surface area contributed by atoms with E-state index in [1.807, 2.05) is 0 Å². The summed E-state index contributed by atoms with van der Waals surface area (Å²) in [5.74, 6) is 0. The molecule has 41 heavy (non-hydrogen) atoms. The van der Waals surface area contributed by atoms with Gasteiger partial charge in [0.2, 0.25) is 0 Å². The second kappa shape index (κ2) is 12.5. The zero-order chi connectivity index (χ0) is 28.2. The maximum absolute atomic E-state index is 8.67. The van der Waals surface area contributed by atoms with Crippen molar-refractivity contribution in [3.05, 3.63) is 182 Å². The summed E-state index contributed by atoms with van der Waals surface area (Å²) in [5.41, 5.74) is 0. The van der Waals surface area contributed by atoms with Gasteiger partial charge in [0, 0.05) is 0 Å². The van der Waals surface area contributed by atoms with Crippen molar-refractivity contribution in [2.75, 3.05) is 0 Å². The first-order valence-corrected chi connectivity index (χ1v) is 33.2. The van der Waals surface area contributed by atoms with Gasteiger partial charge in [-0.3, -0.25) is 0 Å². The fourth-order valence-corrected chi connectivity index (χ4v) is 136. The number of benzene rings is 6. The van der Waals surface area contributed by atoms with Crippen LogP contribution in [0.25, 0.3) is 0 Å². The van der Waals surface area contributed by atoms with Gasteiger partial charge < -0.3 is 0 Å². The van der Waals surface area contributed by atoms with Gasteiger partial charge in [-0.25, -0.2) is 0 Å². The first kappa shape index (κ1) is 28.8. The molecule has 0 atom stereocenters. The Kier molecular flexibility index (Phi) is 8.78. The molecule has 0 N–H and O–H groups in total. The molecule has 0 aliphatic heterocycles. The summed E-state index contributed by atoms with van der Waals surface area (Å²) in [5, 5.41) is 0. The topological polar surface area (TPSA) is 0 Å². The molecule has 6 aromatic rings. The van der Waals surface area contributed by atoms with E-state index in [1.54, 1.807) is 0 Å². The van der Waals surface area contributed by atoms with Gasteiger partial charge in [0.25, 0.3) is 0 Å². The Morgan fingerprint density at radius 2 is 0.415 bits per heavy atom. The van der Waals surface area contributed by atoms with Crippen molar-refractivity contribution < 1.29 is 9.03 Å². The molecule has 0 radical (unpaired) electrons. The Morgan fingerprint density at radius 3 is 0.561 bits per heavy atom. The van der Waals surface area contributed by atoms with E-state index in [1.165, 1.54) is 26.1 Å². The SMILES string of the molecule is [Cl][Pd]([Cl])([AsH](c1ccccc1)(c1ccccc1)c1ccccc1)[AsH](c1ccccc1)(c1ccccc1)c1ccccc1. The van der Waals surface area contributed by atoms with E-state index < -0.39 is 31.0 Å². The van der Waals surface area contributed by atoms with E-state index in [9.17, 15) is 0 Å². The van der Waals surface area contributed by atoms with Gasteiger partial charge in [-0.1, -0.05) is 0 Å². The number of rotatable bonds is 8. The standard InChI is InChI=1S/2C18H16As.2ClH.Pd/c2*1-4-10-16(11-5-1)19(17-12-6-2-7-13-17)18-14-8-3-9-15-18;;;/h2*1-15,19H;2*1H;/q2*+1;;;/p-2. The Hall–Kier alpha value is -2.32. The van der Waals surface area contributed by atoms with Crippen LogP contribution < -0.4 is 26.1 Å². The molecular weight excluding hydrogens is 760 g/mol. The molecule has 0 unspecified atom stereocenters. The summed E-state index contributed by atoms with van der Waals surface area (Å²) in [7, 11) is 6.02. The van der Waals surface area contributed by atoms with Gasteiger partial charge in [0.15, 0.2) is 0 Å². The van der Waals surface area contributed by atoms with Crippen molar-refractivity contribution >= 4 is 67.1 Å². The van der Waals surface area contributed by atoms with Crippen LogP contribution in [-0.2, 0) is 9.03 Å². The summed E-state index contributed by atoms with van der Waals surface area (Å²) in [6, 6.07) is 66.0. The van der Waals surface area contributed by atoms with Crippen LogP contribution in [0.2, 0.25) is 0 Å². The zero-order valence-corrected chi connectivity index (χ0v) is 29.7. The van der Waals surface area contributed by atoms with E-state index in [-0.39, 0.29) is 0 Å². The monoisotopic (exact) mass is 790 g/mol. The summed E-state index contributed by atoms with van der Waals surface area (Å²) >= 11 is 0. The van der Waals surface area contributed by atoms with Crippen molar-refractivity contribution in [2.45, 2.75) is 0 Å². The molecule has 0 aromatic heterocycles. The van der Waals surface area contributed by atoms with Crippen LogP contribution in [0.15, 0.2) is 182 Å². The van der Waals surface area contributed by atoms with Gasteiger partial charge in [0.1, 0.15) is 0 Å². The van der Waals surface area contributed by atoms with Crippen LogP contribution in [0.1, 0.15) is 0 Å². The molecule has 0 aliphatic rings. The molecule has 0 heterocycles. The van der Waals surface area contributed by atoms with E-state index in [0.29, 0.717) is 0 Å². The van der Waals surface area contributed by atoms with Crippen LogP contribution in [0, 0.1) is 0 Å². The molecule has 0 spiro atoms. The molecule has 5 heteroatoms.